The van der Waals surface area contributed by atoms with Crippen LogP contribution >= 0.6 is 11.6 Å². The molecule has 0 heterocycles. The molecule has 0 fully saturated rings. The van der Waals surface area contributed by atoms with E-state index in [0.717, 1.165) is 30.3 Å². The lowest BCUT2D eigenvalue weighted by atomic mass is 9.97. The van der Waals surface area contributed by atoms with Gasteiger partial charge in [-0.2, -0.15) is 5.26 Å². The lowest BCUT2D eigenvalue weighted by Gasteiger charge is -2.10. The zero-order valence-corrected chi connectivity index (χ0v) is 11.6. The first kappa shape index (κ1) is 15.6. The quantitative estimate of drug-likeness (QED) is 0.694. The smallest absolute Gasteiger partial charge is 0.211 e. The molecule has 7 heteroatoms. The monoisotopic (exact) mass is 320 g/mol. The Balaban J connectivity index is 2.68. The van der Waals surface area contributed by atoms with Gasteiger partial charge >= 0.3 is 0 Å². The number of ketones is 1. The molecule has 2 rings (SSSR count). The van der Waals surface area contributed by atoms with Gasteiger partial charge in [0.05, 0.1) is 21.8 Å². The van der Waals surface area contributed by atoms with Gasteiger partial charge in [-0.15, -0.1) is 0 Å². The summed E-state index contributed by atoms with van der Waals surface area (Å²) in [4.78, 5) is 22.9. The zero-order chi connectivity index (χ0) is 16.3. The molecule has 1 amide bonds. The number of benzene rings is 2. The third-order valence-electron chi connectivity index (χ3n) is 2.88. The van der Waals surface area contributed by atoms with Gasteiger partial charge in [-0.05, 0) is 30.3 Å². The second-order valence-electron chi connectivity index (χ2n) is 4.17. The summed E-state index contributed by atoms with van der Waals surface area (Å²) in [5.74, 6) is -2.65. The van der Waals surface area contributed by atoms with Crippen molar-refractivity contribution in [1.29, 1.82) is 5.26 Å². The number of carbonyl (C=O) groups excluding carboxylic acids is 2. The van der Waals surface area contributed by atoms with Gasteiger partial charge in [0.25, 0.3) is 0 Å². The summed E-state index contributed by atoms with van der Waals surface area (Å²) in [6, 6.07) is 6.78. The van der Waals surface area contributed by atoms with E-state index in [9.17, 15) is 18.4 Å². The maximum atomic E-state index is 14.0. The highest BCUT2D eigenvalue weighted by molar-refractivity contribution is 6.35. The number of nitrogens with one attached hydrogen (secondary N) is 1. The average molecular weight is 321 g/mol. The first-order chi connectivity index (χ1) is 10.5. The first-order valence-electron chi connectivity index (χ1n) is 5.92. The Bertz CT molecular complexity index is 816. The van der Waals surface area contributed by atoms with E-state index in [1.165, 1.54) is 0 Å². The van der Waals surface area contributed by atoms with Gasteiger partial charge in [0, 0.05) is 5.56 Å². The van der Waals surface area contributed by atoms with Crippen molar-refractivity contribution in [3.63, 3.8) is 0 Å². The van der Waals surface area contributed by atoms with Crippen LogP contribution in [0.5, 0.6) is 0 Å². The normalized spacial score (nSPS) is 9.91. The van der Waals surface area contributed by atoms with Crippen LogP contribution in [0, 0.1) is 23.0 Å². The van der Waals surface area contributed by atoms with Crippen molar-refractivity contribution in [3.8, 4) is 6.07 Å². The van der Waals surface area contributed by atoms with Crippen LogP contribution in [0.25, 0.3) is 0 Å². The fraction of sp³-hybridized carbons (Fsp3) is 0. The Hall–Kier alpha value is -2.78. The van der Waals surface area contributed by atoms with Gasteiger partial charge < -0.3 is 5.32 Å². The third kappa shape index (κ3) is 2.80. The Morgan fingerprint density at radius 2 is 2.00 bits per heavy atom. The number of nitrogens with zero attached hydrogens (tertiary/aromatic N) is 1. The van der Waals surface area contributed by atoms with Gasteiger partial charge in [-0.1, -0.05) is 11.6 Å². The Morgan fingerprint density at radius 3 is 2.64 bits per heavy atom. The molecule has 2 aromatic carbocycles. The standard InChI is InChI=1S/C15H7ClF2N2O2/c16-11-2-1-8(17)5-9(11)15(22)14-10(6-19)13(20-7-21)4-3-12(14)18/h1-5,7H,(H,20,21). The summed E-state index contributed by atoms with van der Waals surface area (Å²) < 4.78 is 27.3. The van der Waals surface area contributed by atoms with E-state index in [1.54, 1.807) is 6.07 Å². The van der Waals surface area contributed by atoms with E-state index in [2.05, 4.69) is 5.32 Å². The molecule has 0 unspecified atom stereocenters. The lowest BCUT2D eigenvalue weighted by Crippen LogP contribution is -2.11. The molecular formula is C15H7ClF2N2O2. The summed E-state index contributed by atoms with van der Waals surface area (Å²) in [5, 5.41) is 11.3. The highest BCUT2D eigenvalue weighted by Gasteiger charge is 2.23. The molecule has 0 saturated heterocycles. The van der Waals surface area contributed by atoms with Gasteiger partial charge in [-0.25, -0.2) is 8.78 Å². The number of amides is 1. The molecule has 2 aromatic rings. The predicted molar refractivity (Wildman–Crippen MR) is 75.6 cm³/mol. The summed E-state index contributed by atoms with van der Waals surface area (Å²) in [5.41, 5.74) is -1.26. The van der Waals surface area contributed by atoms with Crippen molar-refractivity contribution in [2.45, 2.75) is 0 Å². The van der Waals surface area contributed by atoms with Gasteiger partial charge in [0.2, 0.25) is 6.41 Å². The predicted octanol–water partition coefficient (Wildman–Crippen LogP) is 3.29. The summed E-state index contributed by atoms with van der Waals surface area (Å²) in [7, 11) is 0. The molecule has 0 aromatic heterocycles. The highest BCUT2D eigenvalue weighted by atomic mass is 35.5. The maximum absolute atomic E-state index is 14.0. The highest BCUT2D eigenvalue weighted by Crippen LogP contribution is 2.27. The summed E-state index contributed by atoms with van der Waals surface area (Å²) in [6.07, 6.45) is 0.289. The fourth-order valence-corrected chi connectivity index (χ4v) is 2.11. The molecule has 22 heavy (non-hydrogen) atoms. The number of rotatable bonds is 4. The van der Waals surface area contributed by atoms with Gasteiger partial charge in [0.1, 0.15) is 17.7 Å². The molecule has 110 valence electrons. The topological polar surface area (TPSA) is 70.0 Å². The second kappa shape index (κ2) is 6.33. The number of nitriles is 1. The number of anilines is 1. The van der Waals surface area contributed by atoms with Crippen molar-refractivity contribution in [2.75, 3.05) is 5.32 Å². The third-order valence-corrected chi connectivity index (χ3v) is 3.21. The molecule has 0 aliphatic rings. The lowest BCUT2D eigenvalue weighted by molar-refractivity contribution is -0.105. The SMILES string of the molecule is N#Cc1c(NC=O)ccc(F)c1C(=O)c1cc(F)ccc1Cl. The molecule has 0 saturated carbocycles. The van der Waals surface area contributed by atoms with E-state index >= 15 is 0 Å². The van der Waals surface area contributed by atoms with Gasteiger partial charge in [-0.3, -0.25) is 9.59 Å². The molecule has 0 radical (unpaired) electrons. The van der Waals surface area contributed by atoms with E-state index < -0.39 is 23.0 Å². The molecule has 0 spiro atoms. The van der Waals surface area contributed by atoms with Crippen LogP contribution in [0.15, 0.2) is 30.3 Å². The van der Waals surface area contributed by atoms with Crippen molar-refractivity contribution < 1.29 is 18.4 Å². The number of hydrogen-bond donors (Lipinski definition) is 1. The van der Waals surface area contributed by atoms with E-state index in [4.69, 9.17) is 16.9 Å². The zero-order valence-electron chi connectivity index (χ0n) is 10.9. The van der Waals surface area contributed by atoms with Crippen LogP contribution in [0.4, 0.5) is 14.5 Å². The van der Waals surface area contributed by atoms with Crippen molar-refractivity contribution in [1.82, 2.24) is 0 Å². The Morgan fingerprint density at radius 1 is 1.27 bits per heavy atom. The minimum Gasteiger partial charge on any atom is -0.328 e. The van der Waals surface area contributed by atoms with E-state index in [1.807, 2.05) is 0 Å². The van der Waals surface area contributed by atoms with Crippen molar-refractivity contribution in [3.05, 3.63) is 63.7 Å². The van der Waals surface area contributed by atoms with Crippen LogP contribution in [0.1, 0.15) is 21.5 Å². The molecular weight excluding hydrogens is 314 g/mol. The summed E-state index contributed by atoms with van der Waals surface area (Å²) in [6.45, 7) is 0. The molecule has 0 atom stereocenters. The number of halogens is 3. The molecule has 4 nitrogen and oxygen atoms in total. The second-order valence-corrected chi connectivity index (χ2v) is 4.58. The Labute approximate surface area is 128 Å². The van der Waals surface area contributed by atoms with Crippen LogP contribution in [0.3, 0.4) is 0 Å². The molecule has 0 aliphatic carbocycles. The van der Waals surface area contributed by atoms with E-state index in [-0.39, 0.29) is 28.2 Å². The maximum Gasteiger partial charge on any atom is 0.211 e. The molecule has 1 N–H and O–H groups in total. The van der Waals surface area contributed by atoms with E-state index in [0.29, 0.717) is 0 Å². The largest absolute Gasteiger partial charge is 0.328 e. The number of carbonyl (C=O) groups is 2. The van der Waals surface area contributed by atoms with Crippen LogP contribution in [-0.4, -0.2) is 12.2 Å². The van der Waals surface area contributed by atoms with Gasteiger partial charge in [0.15, 0.2) is 5.78 Å². The van der Waals surface area contributed by atoms with Crippen LogP contribution in [0.2, 0.25) is 5.02 Å². The average Bonchev–Trinajstić information content (AvgIpc) is 2.50. The first-order valence-corrected chi connectivity index (χ1v) is 6.30. The minimum atomic E-state index is -0.974. The van der Waals surface area contributed by atoms with Crippen LogP contribution < -0.4 is 5.32 Å². The molecule has 0 aliphatic heterocycles. The number of hydrogen-bond acceptors (Lipinski definition) is 3. The molecule has 0 bridgehead atoms. The Kier molecular flexibility index (Phi) is 4.49. The fourth-order valence-electron chi connectivity index (χ4n) is 1.91. The minimum absolute atomic E-state index is 0.0326. The van der Waals surface area contributed by atoms with Crippen molar-refractivity contribution in [2.24, 2.45) is 0 Å². The summed E-state index contributed by atoms with van der Waals surface area (Å²) >= 11 is 5.83. The van der Waals surface area contributed by atoms with Crippen LogP contribution in [-0.2, 0) is 4.79 Å². The van der Waals surface area contributed by atoms with Crippen molar-refractivity contribution >= 4 is 29.5 Å².